The molecule has 25 heavy (non-hydrogen) atoms. The molecular weight excluding hydrogens is 315 g/mol. The Bertz CT molecular complexity index is 858. The lowest BCUT2D eigenvalue weighted by molar-refractivity contribution is -0.115. The van der Waals surface area contributed by atoms with Crippen molar-refractivity contribution in [3.63, 3.8) is 0 Å². The van der Waals surface area contributed by atoms with Crippen LogP contribution in [0.25, 0.3) is 0 Å². The number of benzene rings is 3. The van der Waals surface area contributed by atoms with Crippen LogP contribution in [0.1, 0.15) is 11.1 Å². The Balaban J connectivity index is 1.58. The molecule has 0 spiro atoms. The molecule has 126 valence electrons. The Morgan fingerprint density at radius 3 is 2.24 bits per heavy atom. The number of aryl methyl sites for hydroxylation is 1. The van der Waals surface area contributed by atoms with Crippen molar-refractivity contribution in [3.05, 3.63) is 89.7 Å². The first-order chi connectivity index (χ1) is 12.1. The summed E-state index contributed by atoms with van der Waals surface area (Å²) in [4.78, 5) is 12.1. The van der Waals surface area contributed by atoms with Crippen LogP contribution in [0, 0.1) is 12.7 Å². The van der Waals surface area contributed by atoms with Crippen LogP contribution in [-0.2, 0) is 11.2 Å². The molecule has 3 nitrogen and oxygen atoms in total. The van der Waals surface area contributed by atoms with Crippen LogP contribution in [0.2, 0.25) is 0 Å². The lowest BCUT2D eigenvalue weighted by atomic mass is 10.1. The predicted octanol–water partition coefficient (Wildman–Crippen LogP) is 5.06. The van der Waals surface area contributed by atoms with Crippen molar-refractivity contribution in [2.75, 3.05) is 10.6 Å². The van der Waals surface area contributed by atoms with Gasteiger partial charge in [0.05, 0.1) is 6.42 Å². The van der Waals surface area contributed by atoms with Gasteiger partial charge in [0.2, 0.25) is 5.91 Å². The molecule has 0 saturated heterocycles. The van der Waals surface area contributed by atoms with Gasteiger partial charge in [-0.25, -0.2) is 4.39 Å². The SMILES string of the molecule is Cc1cccc(Nc2ccc(NC(=O)Cc3ccc(F)cc3)cc2)c1. The zero-order valence-electron chi connectivity index (χ0n) is 13.9. The topological polar surface area (TPSA) is 41.1 Å². The molecule has 1 amide bonds. The number of nitrogens with one attached hydrogen (secondary N) is 2. The van der Waals surface area contributed by atoms with Crippen LogP contribution in [0.3, 0.4) is 0 Å². The van der Waals surface area contributed by atoms with Gasteiger partial charge in [0.25, 0.3) is 0 Å². The molecular formula is C21H19FN2O. The molecule has 0 aliphatic heterocycles. The summed E-state index contributed by atoms with van der Waals surface area (Å²) < 4.78 is 12.9. The van der Waals surface area contributed by atoms with E-state index in [0.29, 0.717) is 0 Å². The highest BCUT2D eigenvalue weighted by atomic mass is 19.1. The number of rotatable bonds is 5. The van der Waals surface area contributed by atoms with Gasteiger partial charge in [-0.2, -0.15) is 0 Å². The number of hydrogen-bond donors (Lipinski definition) is 2. The highest BCUT2D eigenvalue weighted by Crippen LogP contribution is 2.20. The lowest BCUT2D eigenvalue weighted by Crippen LogP contribution is -2.14. The summed E-state index contributed by atoms with van der Waals surface area (Å²) in [5.41, 5.74) is 4.66. The molecule has 0 aliphatic rings. The molecule has 3 aromatic rings. The molecule has 4 heteroatoms. The molecule has 0 radical (unpaired) electrons. The van der Waals surface area contributed by atoms with Gasteiger partial charge < -0.3 is 10.6 Å². The van der Waals surface area contributed by atoms with E-state index in [4.69, 9.17) is 0 Å². The maximum Gasteiger partial charge on any atom is 0.228 e. The van der Waals surface area contributed by atoms with Gasteiger partial charge >= 0.3 is 0 Å². The fraction of sp³-hybridized carbons (Fsp3) is 0.0952. The second-order valence-corrected chi connectivity index (χ2v) is 5.92. The molecule has 3 rings (SSSR count). The molecule has 0 atom stereocenters. The maximum absolute atomic E-state index is 12.9. The zero-order chi connectivity index (χ0) is 17.6. The van der Waals surface area contributed by atoms with Crippen LogP contribution < -0.4 is 10.6 Å². The van der Waals surface area contributed by atoms with Gasteiger partial charge in [-0.1, -0.05) is 24.3 Å². The van der Waals surface area contributed by atoms with Crippen molar-refractivity contribution in [2.45, 2.75) is 13.3 Å². The highest BCUT2D eigenvalue weighted by Gasteiger charge is 2.05. The molecule has 0 heterocycles. The fourth-order valence-corrected chi connectivity index (χ4v) is 2.52. The number of halogens is 1. The van der Waals surface area contributed by atoms with Crippen molar-refractivity contribution in [2.24, 2.45) is 0 Å². The van der Waals surface area contributed by atoms with Crippen molar-refractivity contribution < 1.29 is 9.18 Å². The van der Waals surface area contributed by atoms with Gasteiger partial charge in [-0.05, 0) is 66.6 Å². The summed E-state index contributed by atoms with van der Waals surface area (Å²) in [7, 11) is 0. The summed E-state index contributed by atoms with van der Waals surface area (Å²) in [6, 6.07) is 21.6. The van der Waals surface area contributed by atoms with Crippen LogP contribution >= 0.6 is 0 Å². The Hall–Kier alpha value is -3.14. The van der Waals surface area contributed by atoms with Crippen LogP contribution in [-0.4, -0.2) is 5.91 Å². The Labute approximate surface area is 146 Å². The molecule has 0 aliphatic carbocycles. The van der Waals surface area contributed by atoms with E-state index in [0.717, 1.165) is 22.6 Å². The van der Waals surface area contributed by atoms with Crippen LogP contribution in [0.15, 0.2) is 72.8 Å². The third-order valence-corrected chi connectivity index (χ3v) is 3.75. The number of hydrogen-bond acceptors (Lipinski definition) is 2. The van der Waals surface area contributed by atoms with Crippen LogP contribution in [0.4, 0.5) is 21.5 Å². The molecule has 0 bridgehead atoms. The number of amides is 1. The molecule has 0 aromatic heterocycles. The van der Waals surface area contributed by atoms with Gasteiger partial charge in [-0.3, -0.25) is 4.79 Å². The largest absolute Gasteiger partial charge is 0.356 e. The smallest absolute Gasteiger partial charge is 0.228 e. The Morgan fingerprint density at radius 1 is 0.880 bits per heavy atom. The second-order valence-electron chi connectivity index (χ2n) is 5.92. The third-order valence-electron chi connectivity index (χ3n) is 3.75. The first-order valence-electron chi connectivity index (χ1n) is 8.06. The van der Waals surface area contributed by atoms with Crippen molar-refractivity contribution in [1.82, 2.24) is 0 Å². The van der Waals surface area contributed by atoms with E-state index in [-0.39, 0.29) is 18.1 Å². The average molecular weight is 334 g/mol. The summed E-state index contributed by atoms with van der Waals surface area (Å²) in [6.07, 6.45) is 0.212. The maximum atomic E-state index is 12.9. The standard InChI is InChI=1S/C21H19FN2O/c1-15-3-2-4-20(13-15)23-18-9-11-19(12-10-18)24-21(25)14-16-5-7-17(22)8-6-16/h2-13,23H,14H2,1H3,(H,24,25). The van der Waals surface area contributed by atoms with E-state index >= 15 is 0 Å². The van der Waals surface area contributed by atoms with E-state index in [1.807, 2.05) is 49.4 Å². The summed E-state index contributed by atoms with van der Waals surface area (Å²) in [5.74, 6) is -0.438. The first-order valence-corrected chi connectivity index (χ1v) is 8.06. The van der Waals surface area contributed by atoms with Gasteiger partial charge in [0.15, 0.2) is 0 Å². The summed E-state index contributed by atoms with van der Waals surface area (Å²) in [5, 5.41) is 6.17. The Morgan fingerprint density at radius 2 is 1.56 bits per heavy atom. The van der Waals surface area contributed by atoms with E-state index in [9.17, 15) is 9.18 Å². The zero-order valence-corrected chi connectivity index (χ0v) is 13.9. The average Bonchev–Trinajstić information content (AvgIpc) is 2.59. The van der Waals surface area contributed by atoms with Crippen molar-refractivity contribution in [1.29, 1.82) is 0 Å². The first kappa shape index (κ1) is 16.7. The number of anilines is 3. The van der Waals surface area contributed by atoms with E-state index in [1.54, 1.807) is 12.1 Å². The summed E-state index contributed by atoms with van der Waals surface area (Å²) in [6.45, 7) is 2.05. The quantitative estimate of drug-likeness (QED) is 0.685. The molecule has 0 unspecified atom stereocenters. The third kappa shape index (κ3) is 4.91. The minimum atomic E-state index is -0.305. The van der Waals surface area contributed by atoms with Crippen LogP contribution in [0.5, 0.6) is 0 Å². The van der Waals surface area contributed by atoms with E-state index in [1.165, 1.54) is 17.7 Å². The predicted molar refractivity (Wildman–Crippen MR) is 99.6 cm³/mol. The number of carbonyl (C=O) groups is 1. The second kappa shape index (κ2) is 7.62. The van der Waals surface area contributed by atoms with Crippen molar-refractivity contribution in [3.8, 4) is 0 Å². The molecule has 0 fully saturated rings. The van der Waals surface area contributed by atoms with E-state index in [2.05, 4.69) is 16.7 Å². The Kier molecular flexibility index (Phi) is 5.09. The van der Waals surface area contributed by atoms with E-state index < -0.39 is 0 Å². The molecule has 0 saturated carbocycles. The van der Waals surface area contributed by atoms with Crippen molar-refractivity contribution >= 4 is 23.0 Å². The fourth-order valence-electron chi connectivity index (χ4n) is 2.52. The number of carbonyl (C=O) groups excluding carboxylic acids is 1. The monoisotopic (exact) mass is 334 g/mol. The van der Waals surface area contributed by atoms with Gasteiger partial charge in [0, 0.05) is 17.1 Å². The minimum absolute atomic E-state index is 0.133. The normalized spacial score (nSPS) is 10.3. The summed E-state index contributed by atoms with van der Waals surface area (Å²) >= 11 is 0. The lowest BCUT2D eigenvalue weighted by Gasteiger charge is -2.09. The molecule has 2 N–H and O–H groups in total. The highest BCUT2D eigenvalue weighted by molar-refractivity contribution is 5.92. The minimum Gasteiger partial charge on any atom is -0.356 e. The van der Waals surface area contributed by atoms with Gasteiger partial charge in [0.1, 0.15) is 5.82 Å². The molecule has 3 aromatic carbocycles. The van der Waals surface area contributed by atoms with Gasteiger partial charge in [-0.15, -0.1) is 0 Å².